The van der Waals surface area contributed by atoms with Gasteiger partial charge in [-0.1, -0.05) is 43.5 Å². The maximum Gasteiger partial charge on any atom is 0.412 e. The van der Waals surface area contributed by atoms with Gasteiger partial charge in [0.2, 0.25) is 0 Å². The molecule has 0 aliphatic heterocycles. The number of amides is 1. The SMILES string of the molecule is CC(C(=O)O)c1ccc(-c2cccc(OC(=O)NC3CCCCC3)c2)c(F)c1. The summed E-state index contributed by atoms with van der Waals surface area (Å²) in [6, 6.07) is 11.2. The molecular weight excluding hydrogens is 361 g/mol. The lowest BCUT2D eigenvalue weighted by Gasteiger charge is -2.22. The zero-order valence-corrected chi connectivity index (χ0v) is 15.8. The molecule has 28 heavy (non-hydrogen) atoms. The van der Waals surface area contributed by atoms with Crippen LogP contribution in [0.15, 0.2) is 42.5 Å². The summed E-state index contributed by atoms with van der Waals surface area (Å²) in [7, 11) is 0. The van der Waals surface area contributed by atoms with Gasteiger partial charge in [-0.15, -0.1) is 0 Å². The molecule has 0 bridgehead atoms. The number of halogens is 1. The van der Waals surface area contributed by atoms with E-state index < -0.39 is 23.8 Å². The van der Waals surface area contributed by atoms with Gasteiger partial charge in [0.05, 0.1) is 5.92 Å². The standard InChI is InChI=1S/C22H24FNO4/c1-14(21(25)26)15-10-11-19(20(23)13-15)16-6-5-9-18(12-16)28-22(27)24-17-7-3-2-4-8-17/h5-6,9-14,17H,2-4,7-8H2,1H3,(H,24,27)(H,25,26). The molecule has 1 unspecified atom stereocenters. The quantitative estimate of drug-likeness (QED) is 0.751. The third-order valence-corrected chi connectivity index (χ3v) is 5.15. The number of aliphatic carboxylic acids is 1. The fourth-order valence-corrected chi connectivity index (χ4v) is 3.45. The van der Waals surface area contributed by atoms with E-state index in [-0.39, 0.29) is 6.04 Å². The normalized spacial score (nSPS) is 15.6. The number of carbonyl (C=O) groups is 2. The summed E-state index contributed by atoms with van der Waals surface area (Å²) in [6.07, 6.45) is 4.83. The van der Waals surface area contributed by atoms with Crippen molar-refractivity contribution >= 4 is 12.1 Å². The smallest absolute Gasteiger partial charge is 0.412 e. The van der Waals surface area contributed by atoms with Crippen LogP contribution in [0.3, 0.4) is 0 Å². The minimum Gasteiger partial charge on any atom is -0.481 e. The highest BCUT2D eigenvalue weighted by Crippen LogP contribution is 2.29. The van der Waals surface area contributed by atoms with Crippen LogP contribution in [-0.4, -0.2) is 23.2 Å². The number of ether oxygens (including phenoxy) is 1. The van der Waals surface area contributed by atoms with Crippen molar-refractivity contribution in [3.8, 4) is 16.9 Å². The first-order valence-electron chi connectivity index (χ1n) is 9.55. The van der Waals surface area contributed by atoms with Gasteiger partial charge in [-0.05, 0) is 49.1 Å². The predicted octanol–water partition coefficient (Wildman–Crippen LogP) is 5.10. The average molecular weight is 385 g/mol. The third kappa shape index (κ3) is 4.88. The Kier molecular flexibility index (Phi) is 6.29. The molecule has 2 N–H and O–H groups in total. The molecule has 5 nitrogen and oxygen atoms in total. The molecular formula is C22H24FNO4. The van der Waals surface area contributed by atoms with Crippen molar-refractivity contribution in [2.75, 3.05) is 0 Å². The van der Waals surface area contributed by atoms with Crippen LogP contribution < -0.4 is 10.1 Å². The van der Waals surface area contributed by atoms with Gasteiger partial charge < -0.3 is 15.2 Å². The minimum absolute atomic E-state index is 0.144. The van der Waals surface area contributed by atoms with E-state index >= 15 is 0 Å². The van der Waals surface area contributed by atoms with Gasteiger partial charge in [0.25, 0.3) is 0 Å². The summed E-state index contributed by atoms with van der Waals surface area (Å²) in [5.41, 5.74) is 1.27. The summed E-state index contributed by atoms with van der Waals surface area (Å²) < 4.78 is 19.9. The van der Waals surface area contributed by atoms with Crippen molar-refractivity contribution in [2.24, 2.45) is 0 Å². The van der Waals surface area contributed by atoms with E-state index in [1.54, 1.807) is 36.4 Å². The molecule has 1 fully saturated rings. The van der Waals surface area contributed by atoms with Crippen molar-refractivity contribution < 1.29 is 23.8 Å². The van der Waals surface area contributed by atoms with E-state index in [1.807, 2.05) is 0 Å². The largest absolute Gasteiger partial charge is 0.481 e. The first-order chi connectivity index (χ1) is 13.4. The Hall–Kier alpha value is -2.89. The van der Waals surface area contributed by atoms with Crippen molar-refractivity contribution in [3.05, 3.63) is 53.8 Å². The fourth-order valence-electron chi connectivity index (χ4n) is 3.45. The van der Waals surface area contributed by atoms with Crippen molar-refractivity contribution in [2.45, 2.75) is 51.0 Å². The lowest BCUT2D eigenvalue weighted by Crippen LogP contribution is -2.37. The number of benzene rings is 2. The summed E-state index contributed by atoms with van der Waals surface area (Å²) in [5, 5.41) is 12.0. The molecule has 0 aromatic heterocycles. The molecule has 2 aromatic rings. The number of hydrogen-bond acceptors (Lipinski definition) is 3. The van der Waals surface area contributed by atoms with Crippen molar-refractivity contribution in [3.63, 3.8) is 0 Å². The van der Waals surface area contributed by atoms with Crippen LogP contribution in [0.25, 0.3) is 11.1 Å². The van der Waals surface area contributed by atoms with Crippen LogP contribution in [0.5, 0.6) is 5.75 Å². The molecule has 2 aromatic carbocycles. The summed E-state index contributed by atoms with van der Waals surface area (Å²) in [4.78, 5) is 23.2. The maximum absolute atomic E-state index is 14.5. The Labute approximate surface area is 163 Å². The van der Waals surface area contributed by atoms with Gasteiger partial charge in [-0.2, -0.15) is 0 Å². The first kappa shape index (κ1) is 19.9. The van der Waals surface area contributed by atoms with E-state index in [9.17, 15) is 14.0 Å². The third-order valence-electron chi connectivity index (χ3n) is 5.15. The molecule has 1 atom stereocenters. The van der Waals surface area contributed by atoms with Crippen LogP contribution in [0.2, 0.25) is 0 Å². The minimum atomic E-state index is -1.01. The molecule has 6 heteroatoms. The molecule has 0 heterocycles. The number of carboxylic acids is 1. The molecule has 1 amide bonds. The van der Waals surface area contributed by atoms with Gasteiger partial charge in [0, 0.05) is 11.6 Å². The lowest BCUT2D eigenvalue weighted by molar-refractivity contribution is -0.138. The van der Waals surface area contributed by atoms with E-state index in [4.69, 9.17) is 9.84 Å². The van der Waals surface area contributed by atoms with Gasteiger partial charge in [0.15, 0.2) is 0 Å². The van der Waals surface area contributed by atoms with Crippen LogP contribution >= 0.6 is 0 Å². The highest BCUT2D eigenvalue weighted by atomic mass is 19.1. The molecule has 3 rings (SSSR count). The summed E-state index contributed by atoms with van der Waals surface area (Å²) in [5.74, 6) is -1.99. The average Bonchev–Trinajstić information content (AvgIpc) is 2.68. The number of carbonyl (C=O) groups excluding carboxylic acids is 1. The highest BCUT2D eigenvalue weighted by Gasteiger charge is 2.18. The second-order valence-corrected chi connectivity index (χ2v) is 7.20. The van der Waals surface area contributed by atoms with Gasteiger partial charge >= 0.3 is 12.1 Å². The lowest BCUT2D eigenvalue weighted by atomic mass is 9.96. The summed E-state index contributed by atoms with van der Waals surface area (Å²) in [6.45, 7) is 1.51. The van der Waals surface area contributed by atoms with Gasteiger partial charge in [-0.25, -0.2) is 9.18 Å². The van der Waals surface area contributed by atoms with Crippen LogP contribution in [-0.2, 0) is 4.79 Å². The topological polar surface area (TPSA) is 75.6 Å². The van der Waals surface area contributed by atoms with Crippen LogP contribution in [0.1, 0.15) is 50.5 Å². The second-order valence-electron chi connectivity index (χ2n) is 7.20. The van der Waals surface area contributed by atoms with E-state index in [1.165, 1.54) is 19.4 Å². The molecule has 148 valence electrons. The van der Waals surface area contributed by atoms with Crippen LogP contribution in [0.4, 0.5) is 9.18 Å². The zero-order valence-electron chi connectivity index (χ0n) is 15.8. The number of nitrogens with one attached hydrogen (secondary N) is 1. The highest BCUT2D eigenvalue weighted by molar-refractivity contribution is 5.76. The molecule has 1 saturated carbocycles. The number of hydrogen-bond donors (Lipinski definition) is 2. The Morgan fingerprint density at radius 3 is 2.57 bits per heavy atom. The predicted molar refractivity (Wildman–Crippen MR) is 104 cm³/mol. The number of rotatable bonds is 5. The first-order valence-corrected chi connectivity index (χ1v) is 9.55. The Morgan fingerprint density at radius 2 is 1.89 bits per heavy atom. The van der Waals surface area contributed by atoms with E-state index in [2.05, 4.69) is 5.32 Å². The Morgan fingerprint density at radius 1 is 1.14 bits per heavy atom. The van der Waals surface area contributed by atoms with Crippen LogP contribution in [0, 0.1) is 5.82 Å². The van der Waals surface area contributed by atoms with Crippen molar-refractivity contribution in [1.82, 2.24) is 5.32 Å². The Balaban J connectivity index is 1.72. The summed E-state index contributed by atoms with van der Waals surface area (Å²) >= 11 is 0. The van der Waals surface area contributed by atoms with Gasteiger partial charge in [-0.3, -0.25) is 4.79 Å². The zero-order chi connectivity index (χ0) is 20.1. The monoisotopic (exact) mass is 385 g/mol. The fraction of sp³-hybridized carbons (Fsp3) is 0.364. The Bertz CT molecular complexity index is 861. The number of carboxylic acid groups (broad SMARTS) is 1. The van der Waals surface area contributed by atoms with Gasteiger partial charge in [0.1, 0.15) is 11.6 Å². The molecule has 0 radical (unpaired) electrons. The van der Waals surface area contributed by atoms with E-state index in [0.29, 0.717) is 22.4 Å². The molecule has 1 aliphatic carbocycles. The van der Waals surface area contributed by atoms with E-state index in [0.717, 1.165) is 25.7 Å². The van der Waals surface area contributed by atoms with Crippen molar-refractivity contribution in [1.29, 1.82) is 0 Å². The molecule has 0 spiro atoms. The maximum atomic E-state index is 14.5. The molecule has 1 aliphatic rings. The molecule has 0 saturated heterocycles. The second kappa shape index (κ2) is 8.87.